The molecule has 0 radical (unpaired) electrons. The van der Waals surface area contributed by atoms with Gasteiger partial charge in [0.1, 0.15) is 0 Å². The zero-order valence-electron chi connectivity index (χ0n) is 13.6. The van der Waals surface area contributed by atoms with E-state index < -0.39 is 0 Å². The highest BCUT2D eigenvalue weighted by Gasteiger charge is 2.27. The van der Waals surface area contributed by atoms with E-state index in [0.29, 0.717) is 5.92 Å². The Morgan fingerprint density at radius 1 is 1.27 bits per heavy atom. The molecular formula is C20H25NO. The molecule has 0 aromatic heterocycles. The van der Waals surface area contributed by atoms with Gasteiger partial charge >= 0.3 is 0 Å². The normalized spacial score (nSPS) is 20.7. The molecule has 116 valence electrons. The fourth-order valence-electron chi connectivity index (χ4n) is 3.27. The number of benzene rings is 1. The maximum Gasteiger partial charge on any atom is 0.0756 e. The van der Waals surface area contributed by atoms with E-state index in [1.165, 1.54) is 40.2 Å². The van der Waals surface area contributed by atoms with E-state index in [2.05, 4.69) is 44.7 Å². The summed E-state index contributed by atoms with van der Waals surface area (Å²) in [6.07, 6.45) is 9.50. The number of hydrogen-bond donors (Lipinski definition) is 1. The van der Waals surface area contributed by atoms with Crippen molar-refractivity contribution in [2.24, 2.45) is 5.92 Å². The van der Waals surface area contributed by atoms with Gasteiger partial charge in [-0.3, -0.25) is 5.21 Å². The standard InChI is InChI=1S/C20H25NO/c1-4-6-17-8-5-7-14(2)19(17)20-15(3)9-12-18(21(20)22)13-16-10-11-16/h4-5,7-8,13,16,22H,1,6,9-12H2,2-3H3/b18-13-. The first-order valence-corrected chi connectivity index (χ1v) is 8.21. The van der Waals surface area contributed by atoms with Gasteiger partial charge in [-0.1, -0.05) is 30.4 Å². The Bertz CT molecular complexity index is 650. The third-order valence-corrected chi connectivity index (χ3v) is 4.65. The van der Waals surface area contributed by atoms with Gasteiger partial charge in [0, 0.05) is 11.3 Å². The molecule has 2 heteroatoms. The van der Waals surface area contributed by atoms with Crippen LogP contribution < -0.4 is 0 Å². The second-order valence-electron chi connectivity index (χ2n) is 6.54. The zero-order chi connectivity index (χ0) is 15.7. The van der Waals surface area contributed by atoms with Crippen molar-refractivity contribution in [3.05, 3.63) is 64.9 Å². The lowest BCUT2D eigenvalue weighted by Crippen LogP contribution is -2.24. The number of allylic oxidation sites excluding steroid dienone is 4. The topological polar surface area (TPSA) is 23.5 Å². The molecule has 0 saturated heterocycles. The molecule has 3 rings (SSSR count). The minimum atomic E-state index is 0.675. The van der Waals surface area contributed by atoms with Crippen molar-refractivity contribution in [1.82, 2.24) is 5.06 Å². The van der Waals surface area contributed by atoms with Crippen LogP contribution in [-0.2, 0) is 6.42 Å². The fraction of sp³-hybridized carbons (Fsp3) is 0.400. The molecule has 0 unspecified atom stereocenters. The molecule has 1 saturated carbocycles. The Labute approximate surface area is 133 Å². The first-order chi connectivity index (χ1) is 10.6. The van der Waals surface area contributed by atoms with Gasteiger partial charge in [-0.25, -0.2) is 5.06 Å². The smallest absolute Gasteiger partial charge is 0.0756 e. The van der Waals surface area contributed by atoms with Crippen molar-refractivity contribution in [2.45, 2.75) is 46.0 Å². The molecule has 0 atom stereocenters. The second-order valence-corrected chi connectivity index (χ2v) is 6.54. The zero-order valence-corrected chi connectivity index (χ0v) is 13.6. The number of rotatable bonds is 4. The molecule has 2 aliphatic rings. The number of nitrogens with zero attached hydrogens (tertiary/aromatic N) is 1. The van der Waals surface area contributed by atoms with Crippen LogP contribution in [0.5, 0.6) is 0 Å². The highest BCUT2D eigenvalue weighted by molar-refractivity contribution is 5.73. The SMILES string of the molecule is C=CCc1cccc(C)c1C1=C(C)CC/C(=C/C2CC2)N1O. The van der Waals surface area contributed by atoms with E-state index >= 15 is 0 Å². The molecule has 1 aromatic rings. The molecule has 1 N–H and O–H groups in total. The molecule has 2 nitrogen and oxygen atoms in total. The van der Waals surface area contributed by atoms with Crippen LogP contribution in [0.3, 0.4) is 0 Å². The predicted molar refractivity (Wildman–Crippen MR) is 91.3 cm³/mol. The van der Waals surface area contributed by atoms with Crippen molar-refractivity contribution in [3.8, 4) is 0 Å². The molecular weight excluding hydrogens is 270 g/mol. The summed E-state index contributed by atoms with van der Waals surface area (Å²) in [6, 6.07) is 6.34. The molecule has 1 fully saturated rings. The van der Waals surface area contributed by atoms with Crippen molar-refractivity contribution in [2.75, 3.05) is 0 Å². The summed E-state index contributed by atoms with van der Waals surface area (Å²) in [6.45, 7) is 8.12. The molecule has 0 bridgehead atoms. The third kappa shape index (κ3) is 2.89. The summed E-state index contributed by atoms with van der Waals surface area (Å²) in [4.78, 5) is 0. The Hall–Kier alpha value is -1.80. The molecule has 22 heavy (non-hydrogen) atoms. The Kier molecular flexibility index (Phi) is 4.21. The summed E-state index contributed by atoms with van der Waals surface area (Å²) in [5, 5.41) is 12.3. The maximum atomic E-state index is 10.8. The predicted octanol–water partition coefficient (Wildman–Crippen LogP) is 5.23. The number of hydroxylamine groups is 2. The van der Waals surface area contributed by atoms with Gasteiger partial charge in [0.05, 0.1) is 5.70 Å². The van der Waals surface area contributed by atoms with Gasteiger partial charge in [-0.05, 0) is 68.6 Å². The summed E-state index contributed by atoms with van der Waals surface area (Å²) in [7, 11) is 0. The lowest BCUT2D eigenvalue weighted by atomic mass is 9.90. The first-order valence-electron chi connectivity index (χ1n) is 8.21. The van der Waals surface area contributed by atoms with Crippen LogP contribution in [-0.4, -0.2) is 10.3 Å². The Morgan fingerprint density at radius 3 is 2.73 bits per heavy atom. The minimum Gasteiger partial charge on any atom is -0.284 e. The quantitative estimate of drug-likeness (QED) is 0.768. The van der Waals surface area contributed by atoms with Crippen LogP contribution in [0.4, 0.5) is 0 Å². The van der Waals surface area contributed by atoms with Crippen molar-refractivity contribution < 1.29 is 5.21 Å². The molecule has 1 aromatic carbocycles. The molecule has 0 spiro atoms. The van der Waals surface area contributed by atoms with E-state index in [1.807, 2.05) is 6.08 Å². The van der Waals surface area contributed by atoms with E-state index in [-0.39, 0.29) is 0 Å². The van der Waals surface area contributed by atoms with Gasteiger partial charge in [0.2, 0.25) is 0 Å². The lowest BCUT2D eigenvalue weighted by Gasteiger charge is -2.32. The Balaban J connectivity index is 2.07. The van der Waals surface area contributed by atoms with E-state index in [0.717, 1.165) is 30.7 Å². The van der Waals surface area contributed by atoms with E-state index in [1.54, 1.807) is 0 Å². The van der Waals surface area contributed by atoms with Crippen molar-refractivity contribution >= 4 is 5.70 Å². The van der Waals surface area contributed by atoms with Crippen LogP contribution in [0, 0.1) is 12.8 Å². The van der Waals surface area contributed by atoms with Crippen LogP contribution >= 0.6 is 0 Å². The molecule has 1 heterocycles. The van der Waals surface area contributed by atoms with Crippen LogP contribution in [0.1, 0.15) is 49.3 Å². The number of aryl methyl sites for hydroxylation is 1. The van der Waals surface area contributed by atoms with E-state index in [4.69, 9.17) is 0 Å². The summed E-state index contributed by atoms with van der Waals surface area (Å²) >= 11 is 0. The Morgan fingerprint density at radius 2 is 2.05 bits per heavy atom. The van der Waals surface area contributed by atoms with Gasteiger partial charge in [0.25, 0.3) is 0 Å². The second kappa shape index (κ2) is 6.13. The van der Waals surface area contributed by atoms with Crippen LogP contribution in [0.15, 0.2) is 48.2 Å². The van der Waals surface area contributed by atoms with Gasteiger partial charge in [0.15, 0.2) is 0 Å². The largest absolute Gasteiger partial charge is 0.284 e. The third-order valence-electron chi connectivity index (χ3n) is 4.65. The van der Waals surface area contributed by atoms with Gasteiger partial charge in [-0.15, -0.1) is 6.58 Å². The van der Waals surface area contributed by atoms with Gasteiger partial charge < -0.3 is 0 Å². The van der Waals surface area contributed by atoms with Crippen molar-refractivity contribution in [1.29, 1.82) is 0 Å². The summed E-state index contributed by atoms with van der Waals surface area (Å²) in [5.74, 6) is 0.675. The van der Waals surface area contributed by atoms with Crippen LogP contribution in [0.2, 0.25) is 0 Å². The monoisotopic (exact) mass is 295 g/mol. The molecule has 0 amide bonds. The average molecular weight is 295 g/mol. The summed E-state index contributed by atoms with van der Waals surface area (Å²) in [5.41, 5.74) is 6.92. The summed E-state index contributed by atoms with van der Waals surface area (Å²) < 4.78 is 0. The first kappa shape index (κ1) is 15.1. The molecule has 1 aliphatic heterocycles. The van der Waals surface area contributed by atoms with Crippen molar-refractivity contribution in [3.63, 3.8) is 0 Å². The van der Waals surface area contributed by atoms with Gasteiger partial charge in [-0.2, -0.15) is 0 Å². The molecule has 1 aliphatic carbocycles. The highest BCUT2D eigenvalue weighted by Crippen LogP contribution is 2.40. The van der Waals surface area contributed by atoms with E-state index in [9.17, 15) is 5.21 Å². The fourth-order valence-corrected chi connectivity index (χ4v) is 3.27. The highest BCUT2D eigenvalue weighted by atomic mass is 16.5. The van der Waals surface area contributed by atoms with Crippen LogP contribution in [0.25, 0.3) is 5.70 Å². The number of hydrogen-bond acceptors (Lipinski definition) is 2. The lowest BCUT2D eigenvalue weighted by molar-refractivity contribution is 0.00107. The maximum absolute atomic E-state index is 10.8. The average Bonchev–Trinajstić information content (AvgIpc) is 3.29. The minimum absolute atomic E-state index is 0.675.